The van der Waals surface area contributed by atoms with E-state index in [9.17, 15) is 4.79 Å². The maximum Gasteiger partial charge on any atom is 0.314 e. The molecule has 9 heteroatoms. The first kappa shape index (κ1) is 22.0. The molecule has 3 aliphatic rings. The molecular formula is C25H16BrCl2N3O2S. The van der Waals surface area contributed by atoms with Crippen molar-refractivity contribution in [2.45, 2.75) is 18.3 Å². The third kappa shape index (κ3) is 3.53. The van der Waals surface area contributed by atoms with E-state index in [1.807, 2.05) is 71.7 Å². The average Bonchev–Trinajstić information content (AvgIpc) is 3.41. The number of halogens is 3. The van der Waals surface area contributed by atoms with E-state index in [0.29, 0.717) is 32.7 Å². The molecule has 2 atom stereocenters. The number of fused-ring (bicyclic) bond motifs is 4. The molecular weight excluding hydrogens is 557 g/mol. The number of carbonyl (C=O) groups excluding carboxylic acids is 1. The molecule has 0 aliphatic carbocycles. The Balaban J connectivity index is 1.54. The van der Waals surface area contributed by atoms with Crippen LogP contribution in [0.1, 0.15) is 29.2 Å². The Labute approximate surface area is 218 Å². The number of carbonyl (C=O) groups is 1. The molecule has 3 heterocycles. The van der Waals surface area contributed by atoms with E-state index in [0.717, 1.165) is 33.1 Å². The monoisotopic (exact) mass is 571 g/mol. The SMILES string of the molecule is O=C1NC2(Oc3ccc(Br)cc3C3CC(c4ccccc4)=NN32)/C(=C/c2cccc(Cl)c2Cl)S1. The largest absolute Gasteiger partial charge is 0.444 e. The Bertz CT molecular complexity index is 1400. The fraction of sp³-hybridized carbons (Fsp3) is 0.120. The molecule has 3 aliphatic heterocycles. The fourth-order valence-electron chi connectivity index (χ4n) is 4.47. The number of hydrogen-bond acceptors (Lipinski definition) is 5. The highest BCUT2D eigenvalue weighted by Crippen LogP contribution is 2.53. The summed E-state index contributed by atoms with van der Waals surface area (Å²) in [6.45, 7) is 0. The van der Waals surface area contributed by atoms with Crippen molar-refractivity contribution in [3.8, 4) is 5.75 Å². The maximum absolute atomic E-state index is 12.8. The first-order valence-corrected chi connectivity index (χ1v) is 12.9. The van der Waals surface area contributed by atoms with Gasteiger partial charge in [-0.3, -0.25) is 10.1 Å². The molecule has 5 nitrogen and oxygen atoms in total. The second-order valence-corrected chi connectivity index (χ2v) is 10.8. The summed E-state index contributed by atoms with van der Waals surface area (Å²) in [6.07, 6.45) is 2.51. The number of hydrogen-bond donors (Lipinski definition) is 1. The van der Waals surface area contributed by atoms with Crippen LogP contribution in [0.3, 0.4) is 0 Å². The molecule has 170 valence electrons. The van der Waals surface area contributed by atoms with Gasteiger partial charge in [0.15, 0.2) is 0 Å². The molecule has 1 fully saturated rings. The maximum atomic E-state index is 12.8. The molecule has 0 radical (unpaired) electrons. The summed E-state index contributed by atoms with van der Waals surface area (Å²) in [4.78, 5) is 13.4. The van der Waals surface area contributed by atoms with Gasteiger partial charge >= 0.3 is 5.85 Å². The van der Waals surface area contributed by atoms with Gasteiger partial charge in [0, 0.05) is 16.5 Å². The lowest BCUT2D eigenvalue weighted by atomic mass is 9.95. The second kappa shape index (κ2) is 8.34. The first-order valence-electron chi connectivity index (χ1n) is 10.5. The van der Waals surface area contributed by atoms with Crippen LogP contribution in [-0.2, 0) is 0 Å². The number of amides is 1. The predicted molar refractivity (Wildman–Crippen MR) is 140 cm³/mol. The van der Waals surface area contributed by atoms with Crippen molar-refractivity contribution in [2.24, 2.45) is 5.10 Å². The molecule has 0 aromatic heterocycles. The predicted octanol–water partition coefficient (Wildman–Crippen LogP) is 7.45. The Morgan fingerprint density at radius 2 is 1.97 bits per heavy atom. The summed E-state index contributed by atoms with van der Waals surface area (Å²) in [5, 5.41) is 10.5. The van der Waals surface area contributed by atoms with Crippen LogP contribution in [0.4, 0.5) is 4.79 Å². The lowest BCUT2D eigenvalue weighted by Crippen LogP contribution is -2.61. The van der Waals surface area contributed by atoms with E-state index < -0.39 is 5.85 Å². The van der Waals surface area contributed by atoms with E-state index in [1.165, 1.54) is 0 Å². The molecule has 6 rings (SSSR count). The minimum atomic E-state index is -1.30. The Hall–Kier alpha value is -2.45. The highest BCUT2D eigenvalue weighted by atomic mass is 79.9. The van der Waals surface area contributed by atoms with Crippen molar-refractivity contribution >= 4 is 67.9 Å². The van der Waals surface area contributed by atoms with Gasteiger partial charge in [-0.2, -0.15) is 5.10 Å². The van der Waals surface area contributed by atoms with Crippen molar-refractivity contribution in [3.63, 3.8) is 0 Å². The van der Waals surface area contributed by atoms with Crippen LogP contribution in [0, 0.1) is 0 Å². The lowest BCUT2D eigenvalue weighted by Gasteiger charge is -2.45. The van der Waals surface area contributed by atoms with Crippen LogP contribution in [-0.4, -0.2) is 21.8 Å². The van der Waals surface area contributed by atoms with Crippen LogP contribution in [0.25, 0.3) is 6.08 Å². The van der Waals surface area contributed by atoms with E-state index >= 15 is 0 Å². The van der Waals surface area contributed by atoms with Gasteiger partial charge in [-0.05, 0) is 53.2 Å². The fourth-order valence-corrected chi connectivity index (χ4v) is 6.11. The lowest BCUT2D eigenvalue weighted by molar-refractivity contribution is -0.0949. The molecule has 1 spiro atoms. The highest BCUT2D eigenvalue weighted by molar-refractivity contribution is 9.10. The number of nitrogens with zero attached hydrogens (tertiary/aromatic N) is 2. The average molecular weight is 573 g/mol. The standard InChI is InChI=1S/C25H16BrCl2N3O2S/c26-16-9-10-21-17(12-16)20-13-19(14-5-2-1-3-6-14)30-31(20)25(33-21)22(34-24(32)29-25)11-15-7-4-8-18(27)23(15)28/h1-12,20H,13H2,(H,29,32)/b22-11-. The van der Waals surface area contributed by atoms with Crippen molar-refractivity contribution in [1.29, 1.82) is 0 Å². The quantitative estimate of drug-likeness (QED) is 0.346. The number of thioether (sulfide) groups is 1. The molecule has 2 unspecified atom stereocenters. The van der Waals surface area contributed by atoms with Crippen molar-refractivity contribution < 1.29 is 9.53 Å². The third-order valence-electron chi connectivity index (χ3n) is 6.00. The summed E-state index contributed by atoms with van der Waals surface area (Å²) in [7, 11) is 0. The topological polar surface area (TPSA) is 53.9 Å². The number of ether oxygens (including phenoxy) is 1. The van der Waals surface area contributed by atoms with Crippen LogP contribution < -0.4 is 10.1 Å². The molecule has 1 saturated heterocycles. The Kier molecular flexibility index (Phi) is 5.41. The molecule has 3 aromatic rings. The summed E-state index contributed by atoms with van der Waals surface area (Å²) < 4.78 is 7.51. The summed E-state index contributed by atoms with van der Waals surface area (Å²) in [5.41, 5.74) is 3.65. The van der Waals surface area contributed by atoms with Gasteiger partial charge in [0.1, 0.15) is 5.75 Å². The summed E-state index contributed by atoms with van der Waals surface area (Å²) in [5.74, 6) is -0.602. The van der Waals surface area contributed by atoms with E-state index in [1.54, 1.807) is 6.07 Å². The molecule has 34 heavy (non-hydrogen) atoms. The molecule has 3 aromatic carbocycles. The zero-order valence-corrected chi connectivity index (χ0v) is 21.4. The highest BCUT2D eigenvalue weighted by Gasteiger charge is 2.58. The minimum absolute atomic E-state index is 0.131. The van der Waals surface area contributed by atoms with Crippen molar-refractivity contribution in [3.05, 3.63) is 103 Å². The Morgan fingerprint density at radius 3 is 2.79 bits per heavy atom. The van der Waals surface area contributed by atoms with Gasteiger partial charge in [-0.25, -0.2) is 5.01 Å². The van der Waals surface area contributed by atoms with Gasteiger partial charge < -0.3 is 4.74 Å². The van der Waals surface area contributed by atoms with Crippen molar-refractivity contribution in [2.75, 3.05) is 0 Å². The summed E-state index contributed by atoms with van der Waals surface area (Å²) in [6, 6.07) is 21.2. The van der Waals surface area contributed by atoms with Crippen LogP contribution in [0.15, 0.2) is 81.2 Å². The number of benzene rings is 3. The molecule has 1 N–H and O–H groups in total. The van der Waals surface area contributed by atoms with Gasteiger partial charge in [0.05, 0.1) is 26.7 Å². The van der Waals surface area contributed by atoms with E-state index in [2.05, 4.69) is 21.2 Å². The van der Waals surface area contributed by atoms with Gasteiger partial charge in [0.25, 0.3) is 5.24 Å². The zero-order valence-electron chi connectivity index (χ0n) is 17.5. The summed E-state index contributed by atoms with van der Waals surface area (Å²) >= 11 is 17.4. The number of rotatable bonds is 2. The van der Waals surface area contributed by atoms with Gasteiger partial charge in [-0.1, -0.05) is 81.6 Å². The van der Waals surface area contributed by atoms with Crippen LogP contribution in [0.5, 0.6) is 5.75 Å². The number of hydrazone groups is 1. The van der Waals surface area contributed by atoms with Crippen LogP contribution >= 0.6 is 50.9 Å². The van der Waals surface area contributed by atoms with Crippen molar-refractivity contribution in [1.82, 2.24) is 10.3 Å². The smallest absolute Gasteiger partial charge is 0.314 e. The van der Waals surface area contributed by atoms with Gasteiger partial charge in [-0.15, -0.1) is 0 Å². The normalized spacial score (nSPS) is 24.0. The zero-order chi connectivity index (χ0) is 23.4. The van der Waals surface area contributed by atoms with Gasteiger partial charge in [0.2, 0.25) is 0 Å². The molecule has 1 amide bonds. The second-order valence-electron chi connectivity index (χ2n) is 8.07. The van der Waals surface area contributed by atoms with E-state index in [-0.39, 0.29) is 11.3 Å². The minimum Gasteiger partial charge on any atom is -0.444 e. The molecule has 0 bridgehead atoms. The Morgan fingerprint density at radius 1 is 1.15 bits per heavy atom. The number of nitrogens with one attached hydrogen (secondary N) is 1. The molecule has 0 saturated carbocycles. The third-order valence-corrected chi connectivity index (χ3v) is 8.23. The van der Waals surface area contributed by atoms with Crippen LogP contribution in [0.2, 0.25) is 10.0 Å². The van der Waals surface area contributed by atoms with E-state index in [4.69, 9.17) is 33.0 Å². The first-order chi connectivity index (χ1) is 16.4.